The molecule has 0 saturated heterocycles. The molecule has 0 fully saturated rings. The van der Waals surface area contributed by atoms with E-state index in [1.54, 1.807) is 0 Å². The van der Waals surface area contributed by atoms with Gasteiger partial charge in [-0.15, -0.1) is 0 Å². The van der Waals surface area contributed by atoms with Gasteiger partial charge in [-0.3, -0.25) is 0 Å². The number of benzene rings is 7. The molecule has 230 valence electrons. The van der Waals surface area contributed by atoms with Crippen molar-refractivity contribution in [3.05, 3.63) is 168 Å². The lowest BCUT2D eigenvalue weighted by Gasteiger charge is -2.19. The molecule has 0 saturated carbocycles. The highest BCUT2D eigenvalue weighted by atomic mass is 15.0. The van der Waals surface area contributed by atoms with Gasteiger partial charge in [0, 0.05) is 38.4 Å². The molecule has 2 aromatic heterocycles. The van der Waals surface area contributed by atoms with Gasteiger partial charge in [0.05, 0.1) is 56.6 Å². The Labute approximate surface area is 287 Å². The average molecular weight is 636 g/mol. The maximum atomic E-state index is 10.6. The molecule has 0 aliphatic heterocycles. The number of para-hydroxylation sites is 4. The Morgan fingerprint density at radius 1 is 0.420 bits per heavy atom. The van der Waals surface area contributed by atoms with Gasteiger partial charge in [-0.25, -0.2) is 0 Å². The minimum Gasteiger partial charge on any atom is -0.309 e. The summed E-state index contributed by atoms with van der Waals surface area (Å²) in [7, 11) is 0. The van der Waals surface area contributed by atoms with Gasteiger partial charge in [0.2, 0.25) is 0 Å². The third-order valence-corrected chi connectivity index (χ3v) is 9.63. The van der Waals surface area contributed by atoms with Gasteiger partial charge in [0.1, 0.15) is 6.07 Å². The number of nitriles is 3. The second kappa shape index (κ2) is 11.4. The zero-order valence-corrected chi connectivity index (χ0v) is 26.7. The molecule has 9 rings (SSSR count). The highest BCUT2D eigenvalue weighted by Crippen LogP contribution is 2.42. The molecule has 0 bridgehead atoms. The van der Waals surface area contributed by atoms with E-state index >= 15 is 0 Å². The number of hydrogen-bond donors (Lipinski definition) is 0. The van der Waals surface area contributed by atoms with Crippen LogP contribution in [0.4, 0.5) is 0 Å². The molecule has 0 radical (unpaired) electrons. The van der Waals surface area contributed by atoms with Crippen LogP contribution in [-0.2, 0) is 0 Å². The van der Waals surface area contributed by atoms with Crippen molar-refractivity contribution >= 4 is 43.6 Å². The number of rotatable bonds is 4. The number of nitrogens with zero attached hydrogens (tertiary/aromatic N) is 5. The Morgan fingerprint density at radius 3 is 1.84 bits per heavy atom. The quantitative estimate of drug-likeness (QED) is 0.193. The van der Waals surface area contributed by atoms with Crippen molar-refractivity contribution in [2.75, 3.05) is 0 Å². The molecule has 0 amide bonds. The second-order valence-electron chi connectivity index (χ2n) is 12.3. The Morgan fingerprint density at radius 2 is 1.04 bits per heavy atom. The minimum atomic E-state index is 0.566. The van der Waals surface area contributed by atoms with Crippen molar-refractivity contribution in [2.24, 2.45) is 0 Å². The highest BCUT2D eigenvalue weighted by Gasteiger charge is 2.21. The van der Waals surface area contributed by atoms with E-state index in [0.717, 1.165) is 77.2 Å². The molecular formula is C45H25N5. The van der Waals surface area contributed by atoms with Crippen LogP contribution in [0, 0.1) is 34.0 Å². The van der Waals surface area contributed by atoms with Gasteiger partial charge in [0.15, 0.2) is 0 Å². The van der Waals surface area contributed by atoms with E-state index in [4.69, 9.17) is 0 Å². The van der Waals surface area contributed by atoms with Crippen LogP contribution in [-0.4, -0.2) is 9.13 Å². The third kappa shape index (κ3) is 4.24. The van der Waals surface area contributed by atoms with Crippen LogP contribution in [0.25, 0.3) is 77.2 Å². The van der Waals surface area contributed by atoms with E-state index in [9.17, 15) is 15.8 Å². The van der Waals surface area contributed by atoms with Crippen LogP contribution >= 0.6 is 0 Å². The first-order chi connectivity index (χ1) is 24.7. The molecule has 0 aliphatic carbocycles. The van der Waals surface area contributed by atoms with Crippen LogP contribution < -0.4 is 0 Å². The van der Waals surface area contributed by atoms with Crippen molar-refractivity contribution in [3.63, 3.8) is 0 Å². The summed E-state index contributed by atoms with van der Waals surface area (Å²) in [4.78, 5) is 0. The molecule has 0 atom stereocenters. The van der Waals surface area contributed by atoms with Crippen molar-refractivity contribution < 1.29 is 0 Å². The molecule has 5 heteroatoms. The normalized spacial score (nSPS) is 11.1. The first-order valence-corrected chi connectivity index (χ1v) is 16.3. The summed E-state index contributed by atoms with van der Waals surface area (Å²) in [6.07, 6.45) is 0. The zero-order valence-electron chi connectivity index (χ0n) is 26.7. The molecule has 0 unspecified atom stereocenters. The fraction of sp³-hybridized carbons (Fsp3) is 0. The fourth-order valence-electron chi connectivity index (χ4n) is 7.55. The maximum Gasteiger partial charge on any atom is 0.101 e. The predicted molar refractivity (Wildman–Crippen MR) is 200 cm³/mol. The third-order valence-electron chi connectivity index (χ3n) is 9.63. The Kier molecular flexibility index (Phi) is 6.56. The molecule has 2 heterocycles. The molecule has 0 N–H and O–H groups in total. The topological polar surface area (TPSA) is 81.2 Å². The summed E-state index contributed by atoms with van der Waals surface area (Å²) in [6, 6.07) is 57.7. The molecule has 5 nitrogen and oxygen atoms in total. The van der Waals surface area contributed by atoms with Crippen LogP contribution in [0.1, 0.15) is 16.7 Å². The van der Waals surface area contributed by atoms with Crippen molar-refractivity contribution in [1.29, 1.82) is 15.8 Å². The van der Waals surface area contributed by atoms with Crippen LogP contribution in [0.3, 0.4) is 0 Å². The average Bonchev–Trinajstić information content (AvgIpc) is 3.70. The van der Waals surface area contributed by atoms with E-state index < -0.39 is 0 Å². The summed E-state index contributed by atoms with van der Waals surface area (Å²) < 4.78 is 4.40. The summed E-state index contributed by atoms with van der Waals surface area (Å²) in [5.41, 5.74) is 11.2. The molecule has 7 aromatic carbocycles. The van der Waals surface area contributed by atoms with Crippen LogP contribution in [0.15, 0.2) is 152 Å². The van der Waals surface area contributed by atoms with Gasteiger partial charge in [-0.1, -0.05) is 91.0 Å². The molecule has 0 aliphatic rings. The van der Waals surface area contributed by atoms with E-state index in [0.29, 0.717) is 16.7 Å². The van der Waals surface area contributed by atoms with E-state index in [-0.39, 0.29) is 0 Å². The van der Waals surface area contributed by atoms with Gasteiger partial charge in [-0.2, -0.15) is 15.8 Å². The standard InChI is InChI=1S/C45H25N5/c46-26-29-22-23-43-39(24-29)36-15-2-5-20-41(36)50(43)42-21-6-3-16-38(42)44-31(27-47)11-8-17-34(44)30-10-7-13-33(25-30)49-40-19-4-1-14-35(40)37-18-9-12-32(28-48)45(37)49/h1-25H. The highest BCUT2D eigenvalue weighted by molar-refractivity contribution is 6.12. The summed E-state index contributed by atoms with van der Waals surface area (Å²) in [6.45, 7) is 0. The first kappa shape index (κ1) is 28.8. The SMILES string of the molecule is N#Cc1ccc2c(c1)c1ccccc1n2-c1ccccc1-c1c(C#N)cccc1-c1cccc(-n2c3ccccc3c3cccc(C#N)c32)c1. The largest absolute Gasteiger partial charge is 0.309 e. The minimum absolute atomic E-state index is 0.566. The molecular weight excluding hydrogens is 611 g/mol. The smallest absolute Gasteiger partial charge is 0.101 e. The molecule has 50 heavy (non-hydrogen) atoms. The number of fused-ring (bicyclic) bond motifs is 6. The lowest BCUT2D eigenvalue weighted by Crippen LogP contribution is -2.00. The van der Waals surface area contributed by atoms with Gasteiger partial charge in [0.25, 0.3) is 0 Å². The summed E-state index contributed by atoms with van der Waals surface area (Å²) >= 11 is 0. The summed E-state index contributed by atoms with van der Waals surface area (Å²) in [5.74, 6) is 0. The summed E-state index contributed by atoms with van der Waals surface area (Å²) in [5, 5.41) is 34.5. The number of aromatic nitrogens is 2. The Bertz CT molecular complexity index is 2970. The van der Waals surface area contributed by atoms with Crippen molar-refractivity contribution in [3.8, 4) is 51.8 Å². The van der Waals surface area contributed by atoms with Crippen molar-refractivity contribution in [1.82, 2.24) is 9.13 Å². The fourth-order valence-corrected chi connectivity index (χ4v) is 7.55. The van der Waals surface area contributed by atoms with Crippen LogP contribution in [0.5, 0.6) is 0 Å². The van der Waals surface area contributed by atoms with E-state index in [1.165, 1.54) is 0 Å². The Hall–Kier alpha value is -7.39. The van der Waals surface area contributed by atoms with Gasteiger partial charge < -0.3 is 9.13 Å². The predicted octanol–water partition coefficient (Wildman–Crippen LogP) is 10.8. The second-order valence-corrected chi connectivity index (χ2v) is 12.3. The zero-order chi connectivity index (χ0) is 33.8. The number of hydrogen-bond acceptors (Lipinski definition) is 3. The lowest BCUT2D eigenvalue weighted by atomic mass is 9.89. The van der Waals surface area contributed by atoms with Crippen LogP contribution in [0.2, 0.25) is 0 Å². The monoisotopic (exact) mass is 635 g/mol. The Balaban J connectivity index is 1.31. The molecule has 0 spiro atoms. The van der Waals surface area contributed by atoms with Gasteiger partial charge in [-0.05, 0) is 71.8 Å². The van der Waals surface area contributed by atoms with Gasteiger partial charge >= 0.3 is 0 Å². The maximum absolute atomic E-state index is 10.6. The lowest BCUT2D eigenvalue weighted by molar-refractivity contribution is 1.17. The first-order valence-electron chi connectivity index (χ1n) is 16.3. The van der Waals surface area contributed by atoms with E-state index in [2.05, 4.69) is 94.1 Å². The molecule has 9 aromatic rings. The van der Waals surface area contributed by atoms with E-state index in [1.807, 2.05) is 84.9 Å². The van der Waals surface area contributed by atoms with Crippen molar-refractivity contribution in [2.45, 2.75) is 0 Å².